The van der Waals surface area contributed by atoms with Gasteiger partial charge in [0.1, 0.15) is 13.2 Å². The fourth-order valence-electron chi connectivity index (χ4n) is 1.49. The number of allylic oxidation sites excluding steroid dienone is 1. The Labute approximate surface area is 108 Å². The summed E-state index contributed by atoms with van der Waals surface area (Å²) in [6.07, 6.45) is 1.70. The molecule has 1 aromatic rings. The van der Waals surface area contributed by atoms with Crippen LogP contribution in [0.15, 0.2) is 24.3 Å². The number of carbonyl (C=O) groups is 2. The van der Waals surface area contributed by atoms with Crippen molar-refractivity contribution in [2.24, 2.45) is 0 Å². The lowest BCUT2D eigenvalue weighted by Crippen LogP contribution is -2.16. The standard InChI is InChI=1S/C12H9ClO5/c13-8-6-11-10(17-3-4-18-11)5-7(8)9(14)1-2-12(15)16/h1-2,5-6H,3-4H2,(H,15,16)/b2-1+. The van der Waals surface area contributed by atoms with Crippen molar-refractivity contribution in [2.75, 3.05) is 13.2 Å². The number of hydrogen-bond acceptors (Lipinski definition) is 4. The molecule has 0 fully saturated rings. The van der Waals surface area contributed by atoms with Gasteiger partial charge in [-0.25, -0.2) is 4.79 Å². The van der Waals surface area contributed by atoms with E-state index < -0.39 is 11.8 Å². The Morgan fingerprint density at radius 2 is 1.78 bits per heavy atom. The minimum Gasteiger partial charge on any atom is -0.486 e. The number of benzene rings is 1. The van der Waals surface area contributed by atoms with E-state index in [1.807, 2.05) is 0 Å². The van der Waals surface area contributed by atoms with Gasteiger partial charge in [0.05, 0.1) is 5.02 Å². The highest BCUT2D eigenvalue weighted by molar-refractivity contribution is 6.35. The van der Waals surface area contributed by atoms with E-state index in [2.05, 4.69) is 0 Å². The molecule has 0 unspecified atom stereocenters. The van der Waals surface area contributed by atoms with Gasteiger partial charge in [-0.1, -0.05) is 11.6 Å². The molecular formula is C12H9ClO5. The molecule has 5 nitrogen and oxygen atoms in total. The predicted octanol–water partition coefficient (Wildman–Crippen LogP) is 1.93. The molecule has 0 aliphatic carbocycles. The molecule has 0 bridgehead atoms. The monoisotopic (exact) mass is 268 g/mol. The lowest BCUT2D eigenvalue weighted by atomic mass is 10.1. The SMILES string of the molecule is O=C(O)/C=C/C(=O)c1cc2c(cc1Cl)OCCO2. The lowest BCUT2D eigenvalue weighted by Gasteiger charge is -2.19. The molecule has 0 atom stereocenters. The van der Waals surface area contributed by atoms with Crippen LogP contribution in [0.25, 0.3) is 0 Å². The predicted molar refractivity (Wildman–Crippen MR) is 63.5 cm³/mol. The molecule has 0 amide bonds. The molecule has 1 aromatic carbocycles. The van der Waals surface area contributed by atoms with Gasteiger partial charge in [0.15, 0.2) is 17.3 Å². The van der Waals surface area contributed by atoms with Crippen molar-refractivity contribution in [1.29, 1.82) is 0 Å². The number of ketones is 1. The number of halogens is 1. The Bertz CT molecular complexity index is 536. The molecule has 6 heteroatoms. The molecule has 1 aliphatic heterocycles. The molecule has 0 saturated carbocycles. The van der Waals surface area contributed by atoms with Gasteiger partial charge in [-0.05, 0) is 12.1 Å². The number of carbonyl (C=O) groups excluding carboxylic acids is 1. The van der Waals surface area contributed by atoms with Crippen molar-refractivity contribution in [2.45, 2.75) is 0 Å². The number of aliphatic carboxylic acids is 1. The Morgan fingerprint density at radius 1 is 1.17 bits per heavy atom. The van der Waals surface area contributed by atoms with Gasteiger partial charge in [0, 0.05) is 17.7 Å². The lowest BCUT2D eigenvalue weighted by molar-refractivity contribution is -0.131. The van der Waals surface area contributed by atoms with Gasteiger partial charge < -0.3 is 14.6 Å². The molecule has 1 N–H and O–H groups in total. The zero-order valence-corrected chi connectivity index (χ0v) is 9.94. The van der Waals surface area contributed by atoms with Gasteiger partial charge in [-0.15, -0.1) is 0 Å². The van der Waals surface area contributed by atoms with Crippen molar-refractivity contribution < 1.29 is 24.2 Å². The number of ether oxygens (including phenoxy) is 2. The van der Waals surface area contributed by atoms with E-state index in [0.717, 1.165) is 12.2 Å². The Morgan fingerprint density at radius 3 is 2.39 bits per heavy atom. The second-order valence-electron chi connectivity index (χ2n) is 3.51. The molecule has 18 heavy (non-hydrogen) atoms. The van der Waals surface area contributed by atoms with Crippen LogP contribution in [0, 0.1) is 0 Å². The van der Waals surface area contributed by atoms with Crippen LogP contribution in [0.5, 0.6) is 11.5 Å². The van der Waals surface area contributed by atoms with E-state index in [-0.39, 0.29) is 10.6 Å². The van der Waals surface area contributed by atoms with Crippen LogP contribution in [0.1, 0.15) is 10.4 Å². The summed E-state index contributed by atoms with van der Waals surface area (Å²) in [4.78, 5) is 22.1. The van der Waals surface area contributed by atoms with Crippen LogP contribution in [0.3, 0.4) is 0 Å². The number of fused-ring (bicyclic) bond motifs is 1. The van der Waals surface area contributed by atoms with Crippen LogP contribution in [-0.4, -0.2) is 30.1 Å². The zero-order chi connectivity index (χ0) is 13.1. The first kappa shape index (κ1) is 12.4. The number of carboxylic acid groups (broad SMARTS) is 1. The summed E-state index contributed by atoms with van der Waals surface area (Å²) in [5, 5.41) is 8.65. The second-order valence-corrected chi connectivity index (χ2v) is 3.92. The summed E-state index contributed by atoms with van der Waals surface area (Å²) < 4.78 is 10.6. The van der Waals surface area contributed by atoms with Crippen molar-refractivity contribution in [1.82, 2.24) is 0 Å². The molecule has 94 valence electrons. The third-order valence-electron chi connectivity index (χ3n) is 2.27. The fraction of sp³-hybridized carbons (Fsp3) is 0.167. The van der Waals surface area contributed by atoms with Gasteiger partial charge in [-0.3, -0.25) is 4.79 Å². The molecule has 0 aromatic heterocycles. The normalized spacial score (nSPS) is 13.6. The topological polar surface area (TPSA) is 72.8 Å². The molecule has 0 spiro atoms. The van der Waals surface area contributed by atoms with E-state index in [0.29, 0.717) is 24.7 Å². The molecule has 1 heterocycles. The van der Waals surface area contributed by atoms with E-state index in [1.165, 1.54) is 12.1 Å². The summed E-state index contributed by atoms with van der Waals surface area (Å²) in [5.74, 6) is -0.792. The maximum Gasteiger partial charge on any atom is 0.328 e. The quantitative estimate of drug-likeness (QED) is 0.670. The average Bonchev–Trinajstić information content (AvgIpc) is 2.35. The van der Waals surface area contributed by atoms with Gasteiger partial charge >= 0.3 is 5.97 Å². The summed E-state index contributed by atoms with van der Waals surface area (Å²) in [6.45, 7) is 0.822. The average molecular weight is 269 g/mol. The number of hydrogen-bond donors (Lipinski definition) is 1. The van der Waals surface area contributed by atoms with Crippen molar-refractivity contribution in [3.8, 4) is 11.5 Å². The Kier molecular flexibility index (Phi) is 3.53. The fourth-order valence-corrected chi connectivity index (χ4v) is 1.74. The summed E-state index contributed by atoms with van der Waals surface area (Å²) in [5.41, 5.74) is 0.179. The highest BCUT2D eigenvalue weighted by atomic mass is 35.5. The van der Waals surface area contributed by atoms with E-state index in [1.54, 1.807) is 0 Å². The van der Waals surface area contributed by atoms with Gasteiger partial charge in [0.25, 0.3) is 0 Å². The van der Waals surface area contributed by atoms with Crippen LogP contribution in [0.2, 0.25) is 5.02 Å². The number of carboxylic acids is 1. The molecule has 0 radical (unpaired) electrons. The summed E-state index contributed by atoms with van der Waals surface area (Å²) in [7, 11) is 0. The third-order valence-corrected chi connectivity index (χ3v) is 2.59. The number of rotatable bonds is 3. The maximum absolute atomic E-state index is 11.7. The Hall–Kier alpha value is -2.01. The Balaban J connectivity index is 2.33. The molecule has 2 rings (SSSR count). The second kappa shape index (κ2) is 5.10. The first-order chi connectivity index (χ1) is 8.58. The molecule has 0 saturated heterocycles. The van der Waals surface area contributed by atoms with Crippen LogP contribution in [-0.2, 0) is 4.79 Å². The van der Waals surface area contributed by atoms with Crippen LogP contribution < -0.4 is 9.47 Å². The van der Waals surface area contributed by atoms with Crippen molar-refractivity contribution in [3.05, 3.63) is 34.9 Å². The third kappa shape index (κ3) is 2.62. The van der Waals surface area contributed by atoms with Crippen LogP contribution >= 0.6 is 11.6 Å². The highest BCUT2D eigenvalue weighted by Gasteiger charge is 2.17. The van der Waals surface area contributed by atoms with Gasteiger partial charge in [-0.2, -0.15) is 0 Å². The molecule has 1 aliphatic rings. The molecular weight excluding hydrogens is 260 g/mol. The smallest absolute Gasteiger partial charge is 0.328 e. The van der Waals surface area contributed by atoms with Crippen molar-refractivity contribution >= 4 is 23.4 Å². The van der Waals surface area contributed by atoms with E-state index in [4.69, 9.17) is 26.2 Å². The van der Waals surface area contributed by atoms with Gasteiger partial charge in [0.2, 0.25) is 0 Å². The van der Waals surface area contributed by atoms with Crippen LogP contribution in [0.4, 0.5) is 0 Å². The summed E-state index contributed by atoms with van der Waals surface area (Å²) in [6, 6.07) is 2.93. The highest BCUT2D eigenvalue weighted by Crippen LogP contribution is 2.35. The minimum atomic E-state index is -1.20. The first-order valence-corrected chi connectivity index (χ1v) is 5.50. The minimum absolute atomic E-state index is 0.179. The first-order valence-electron chi connectivity index (χ1n) is 5.12. The maximum atomic E-state index is 11.7. The zero-order valence-electron chi connectivity index (χ0n) is 9.18. The van der Waals surface area contributed by atoms with E-state index in [9.17, 15) is 9.59 Å². The van der Waals surface area contributed by atoms with E-state index >= 15 is 0 Å². The summed E-state index contributed by atoms with van der Waals surface area (Å²) >= 11 is 5.93. The largest absolute Gasteiger partial charge is 0.486 e. The van der Waals surface area contributed by atoms with Crippen molar-refractivity contribution in [3.63, 3.8) is 0 Å².